The lowest BCUT2D eigenvalue weighted by Gasteiger charge is -2.39. The van der Waals surface area contributed by atoms with Gasteiger partial charge < -0.3 is 10.6 Å². The minimum Gasteiger partial charge on any atom is -0.336 e. The molecule has 2 N–H and O–H groups in total. The maximum absolute atomic E-state index is 13.0. The topological polar surface area (TPSA) is 46.3 Å². The summed E-state index contributed by atoms with van der Waals surface area (Å²) in [6.07, 6.45) is 5.59. The average Bonchev–Trinajstić information content (AvgIpc) is 2.55. The molecule has 2 unspecified atom stereocenters. The lowest BCUT2D eigenvalue weighted by molar-refractivity contribution is 0.0559. The van der Waals surface area contributed by atoms with Gasteiger partial charge in [0, 0.05) is 18.2 Å². The van der Waals surface area contributed by atoms with Gasteiger partial charge in [-0.05, 0) is 50.3 Å². The smallest absolute Gasteiger partial charge is 0.254 e. The number of benzene rings is 1. The van der Waals surface area contributed by atoms with Crippen LogP contribution in [0.1, 0.15) is 55.5 Å². The second kappa shape index (κ2) is 7.60. The van der Waals surface area contributed by atoms with Crippen LogP contribution in [0.2, 0.25) is 0 Å². The van der Waals surface area contributed by atoms with E-state index in [2.05, 4.69) is 24.8 Å². The monoisotopic (exact) mass is 288 g/mol. The van der Waals surface area contributed by atoms with Gasteiger partial charge in [0.2, 0.25) is 0 Å². The fourth-order valence-corrected chi connectivity index (χ4v) is 3.59. The summed E-state index contributed by atoms with van der Waals surface area (Å²) in [6, 6.07) is 8.30. The van der Waals surface area contributed by atoms with Gasteiger partial charge in [-0.3, -0.25) is 4.79 Å². The first-order valence-electron chi connectivity index (χ1n) is 8.31. The molecule has 0 bridgehead atoms. The van der Waals surface area contributed by atoms with E-state index in [1.807, 2.05) is 18.2 Å². The Morgan fingerprint density at radius 1 is 1.24 bits per heavy atom. The molecule has 2 rings (SSSR count). The maximum Gasteiger partial charge on any atom is 0.254 e. The first-order valence-corrected chi connectivity index (χ1v) is 8.31. The minimum atomic E-state index is 0.181. The van der Waals surface area contributed by atoms with Crippen molar-refractivity contribution in [2.24, 2.45) is 11.7 Å². The van der Waals surface area contributed by atoms with Crippen molar-refractivity contribution in [1.82, 2.24) is 4.90 Å². The van der Waals surface area contributed by atoms with Gasteiger partial charge in [-0.1, -0.05) is 38.0 Å². The number of nitrogens with zero attached hydrogens (tertiary/aromatic N) is 1. The predicted molar refractivity (Wildman–Crippen MR) is 87.3 cm³/mol. The Hall–Kier alpha value is -1.35. The van der Waals surface area contributed by atoms with Crippen molar-refractivity contribution in [2.45, 2.75) is 52.0 Å². The molecule has 1 amide bonds. The first-order chi connectivity index (χ1) is 10.2. The molecule has 0 saturated heterocycles. The summed E-state index contributed by atoms with van der Waals surface area (Å²) in [5, 5.41) is 0. The summed E-state index contributed by atoms with van der Waals surface area (Å²) in [5.74, 6) is 0.636. The van der Waals surface area contributed by atoms with E-state index in [1.165, 1.54) is 12.8 Å². The highest BCUT2D eigenvalue weighted by Gasteiger charge is 2.32. The zero-order valence-corrected chi connectivity index (χ0v) is 13.3. The van der Waals surface area contributed by atoms with E-state index < -0.39 is 0 Å². The van der Waals surface area contributed by atoms with Crippen LogP contribution in [0, 0.1) is 5.92 Å². The predicted octanol–water partition coefficient (Wildman–Crippen LogP) is 3.23. The van der Waals surface area contributed by atoms with E-state index in [0.29, 0.717) is 18.5 Å². The molecule has 1 fully saturated rings. The Morgan fingerprint density at radius 2 is 1.95 bits per heavy atom. The summed E-state index contributed by atoms with van der Waals surface area (Å²) >= 11 is 0. The number of hydrogen-bond acceptors (Lipinski definition) is 2. The van der Waals surface area contributed by atoms with Gasteiger partial charge in [0.1, 0.15) is 0 Å². The number of nitrogens with two attached hydrogens (primary N) is 1. The summed E-state index contributed by atoms with van der Waals surface area (Å²) in [4.78, 5) is 15.1. The third-order valence-corrected chi connectivity index (χ3v) is 4.80. The number of carbonyl (C=O) groups excluding carboxylic acids is 1. The van der Waals surface area contributed by atoms with Crippen LogP contribution in [0.3, 0.4) is 0 Å². The molecule has 116 valence electrons. The van der Waals surface area contributed by atoms with Crippen LogP contribution in [0.4, 0.5) is 0 Å². The quantitative estimate of drug-likeness (QED) is 0.904. The Morgan fingerprint density at radius 3 is 2.62 bits per heavy atom. The summed E-state index contributed by atoms with van der Waals surface area (Å²) in [5.41, 5.74) is 7.95. The zero-order valence-electron chi connectivity index (χ0n) is 13.3. The summed E-state index contributed by atoms with van der Waals surface area (Å²) in [6.45, 7) is 5.63. The van der Waals surface area contributed by atoms with Crippen molar-refractivity contribution < 1.29 is 4.79 Å². The number of carbonyl (C=O) groups is 1. The Labute approximate surface area is 128 Å². The third kappa shape index (κ3) is 3.46. The lowest BCUT2D eigenvalue weighted by atomic mass is 9.83. The Kier molecular flexibility index (Phi) is 5.80. The molecule has 0 spiro atoms. The highest BCUT2D eigenvalue weighted by atomic mass is 16.2. The Bertz CT molecular complexity index is 472. The van der Waals surface area contributed by atoms with Gasteiger partial charge in [-0.2, -0.15) is 0 Å². The molecule has 21 heavy (non-hydrogen) atoms. The normalized spacial score (nSPS) is 22.0. The van der Waals surface area contributed by atoms with Crippen LogP contribution < -0.4 is 5.73 Å². The molecule has 2 atom stereocenters. The zero-order chi connectivity index (χ0) is 15.2. The van der Waals surface area contributed by atoms with Gasteiger partial charge >= 0.3 is 0 Å². The van der Waals surface area contributed by atoms with E-state index in [4.69, 9.17) is 5.73 Å². The highest BCUT2D eigenvalue weighted by molar-refractivity contribution is 5.96. The standard InChI is InChI=1S/C18H28N2O/c1-3-14-9-5-7-11-16(14)18(21)20(4-2)17-12-8-6-10-15(17)13-19/h5,7,9,11,15,17H,3-4,6,8,10,12-13,19H2,1-2H3. The highest BCUT2D eigenvalue weighted by Crippen LogP contribution is 2.29. The fraction of sp³-hybridized carbons (Fsp3) is 0.611. The largest absolute Gasteiger partial charge is 0.336 e. The molecule has 0 radical (unpaired) electrons. The van der Waals surface area contributed by atoms with E-state index in [9.17, 15) is 4.79 Å². The second-order valence-electron chi connectivity index (χ2n) is 5.95. The lowest BCUT2D eigenvalue weighted by Crippen LogP contribution is -2.48. The fourth-order valence-electron chi connectivity index (χ4n) is 3.59. The molecule has 1 saturated carbocycles. The SMILES string of the molecule is CCc1ccccc1C(=O)N(CC)C1CCCCC1CN. The molecular weight excluding hydrogens is 260 g/mol. The molecule has 1 aromatic carbocycles. The van der Waals surface area contributed by atoms with Gasteiger partial charge in [-0.15, -0.1) is 0 Å². The molecule has 3 heteroatoms. The van der Waals surface area contributed by atoms with E-state index in [0.717, 1.165) is 36.9 Å². The molecule has 1 aliphatic carbocycles. The van der Waals surface area contributed by atoms with E-state index in [1.54, 1.807) is 0 Å². The Balaban J connectivity index is 2.25. The molecule has 3 nitrogen and oxygen atoms in total. The van der Waals surface area contributed by atoms with Crippen LogP contribution >= 0.6 is 0 Å². The number of hydrogen-bond donors (Lipinski definition) is 1. The molecule has 1 aliphatic rings. The van der Waals surface area contributed by atoms with E-state index in [-0.39, 0.29) is 5.91 Å². The number of amides is 1. The second-order valence-corrected chi connectivity index (χ2v) is 5.95. The summed E-state index contributed by atoms with van der Waals surface area (Å²) in [7, 11) is 0. The van der Waals surface area contributed by atoms with Gasteiger partial charge in [0.25, 0.3) is 5.91 Å². The van der Waals surface area contributed by atoms with Gasteiger partial charge in [-0.25, -0.2) is 0 Å². The van der Waals surface area contributed by atoms with E-state index >= 15 is 0 Å². The van der Waals surface area contributed by atoms with Crippen molar-refractivity contribution in [3.8, 4) is 0 Å². The summed E-state index contributed by atoms with van der Waals surface area (Å²) < 4.78 is 0. The van der Waals surface area contributed by atoms with Crippen LogP contribution in [-0.4, -0.2) is 29.9 Å². The van der Waals surface area contributed by atoms with Gasteiger partial charge in [0.15, 0.2) is 0 Å². The van der Waals surface area contributed by atoms with Gasteiger partial charge in [0.05, 0.1) is 0 Å². The molecule has 0 heterocycles. The van der Waals surface area contributed by atoms with Crippen LogP contribution in [0.15, 0.2) is 24.3 Å². The van der Waals surface area contributed by atoms with Crippen LogP contribution in [0.25, 0.3) is 0 Å². The average molecular weight is 288 g/mol. The minimum absolute atomic E-state index is 0.181. The van der Waals surface area contributed by atoms with Crippen molar-refractivity contribution in [3.05, 3.63) is 35.4 Å². The van der Waals surface area contributed by atoms with Crippen molar-refractivity contribution >= 4 is 5.91 Å². The van der Waals surface area contributed by atoms with Crippen molar-refractivity contribution in [3.63, 3.8) is 0 Å². The first kappa shape index (κ1) is 16.0. The number of rotatable bonds is 5. The maximum atomic E-state index is 13.0. The molecule has 0 aliphatic heterocycles. The number of aryl methyl sites for hydroxylation is 1. The van der Waals surface area contributed by atoms with Crippen molar-refractivity contribution in [2.75, 3.05) is 13.1 Å². The molecule has 1 aromatic rings. The third-order valence-electron chi connectivity index (χ3n) is 4.80. The van der Waals surface area contributed by atoms with Crippen molar-refractivity contribution in [1.29, 1.82) is 0 Å². The molecular formula is C18H28N2O. The molecule has 0 aromatic heterocycles. The van der Waals surface area contributed by atoms with Crippen LogP contribution in [-0.2, 0) is 6.42 Å². The van der Waals surface area contributed by atoms with Crippen LogP contribution in [0.5, 0.6) is 0 Å².